The van der Waals surface area contributed by atoms with Gasteiger partial charge in [0.05, 0.1) is 11.9 Å². The number of halogens is 4. The minimum atomic E-state index is -4.41. The van der Waals surface area contributed by atoms with E-state index in [2.05, 4.69) is 5.10 Å². The van der Waals surface area contributed by atoms with Crippen molar-refractivity contribution in [3.05, 3.63) is 17.5 Å². The van der Waals surface area contributed by atoms with Crippen molar-refractivity contribution < 1.29 is 13.2 Å². The van der Waals surface area contributed by atoms with Crippen molar-refractivity contribution >= 4 is 11.6 Å². The summed E-state index contributed by atoms with van der Waals surface area (Å²) in [6.07, 6.45) is 0.950. The molecule has 0 N–H and O–H groups in total. The van der Waals surface area contributed by atoms with Gasteiger partial charge in [0.1, 0.15) is 0 Å². The van der Waals surface area contributed by atoms with Crippen LogP contribution in [0.25, 0.3) is 0 Å². The van der Waals surface area contributed by atoms with Gasteiger partial charge in [0.2, 0.25) is 0 Å². The Hall–Kier alpha value is -0.710. The lowest BCUT2D eigenvalue weighted by Gasteiger charge is -2.09. The van der Waals surface area contributed by atoms with E-state index in [-0.39, 0.29) is 17.5 Å². The highest BCUT2D eigenvalue weighted by Crippen LogP contribution is 2.35. The van der Waals surface area contributed by atoms with Crippen LogP contribution in [0.5, 0.6) is 0 Å². The summed E-state index contributed by atoms with van der Waals surface area (Å²) in [5, 5.41) is 3.64. The van der Waals surface area contributed by atoms with Gasteiger partial charge in [0.25, 0.3) is 0 Å². The van der Waals surface area contributed by atoms with E-state index in [1.54, 1.807) is 0 Å². The first-order valence-corrected chi connectivity index (χ1v) is 5.77. The van der Waals surface area contributed by atoms with Gasteiger partial charge in [0.15, 0.2) is 5.69 Å². The molecule has 0 bridgehead atoms. The minimum Gasteiger partial charge on any atom is -0.269 e. The van der Waals surface area contributed by atoms with Crippen LogP contribution in [0, 0.1) is 0 Å². The molecule has 1 aliphatic rings. The summed E-state index contributed by atoms with van der Waals surface area (Å²) in [6.45, 7) is 0. The van der Waals surface area contributed by atoms with E-state index in [4.69, 9.17) is 11.6 Å². The van der Waals surface area contributed by atoms with Crippen molar-refractivity contribution in [3.63, 3.8) is 0 Å². The molecular weight excluding hydrogens is 241 g/mol. The number of alkyl halides is 4. The lowest BCUT2D eigenvalue weighted by Crippen LogP contribution is -2.11. The van der Waals surface area contributed by atoms with E-state index in [0.29, 0.717) is 0 Å². The number of rotatable bonds is 2. The molecule has 0 radical (unpaired) electrons. The fourth-order valence-electron chi connectivity index (χ4n) is 2.12. The summed E-state index contributed by atoms with van der Waals surface area (Å²) in [4.78, 5) is 0. The Morgan fingerprint density at radius 3 is 2.44 bits per heavy atom. The molecule has 1 fully saturated rings. The van der Waals surface area contributed by atoms with Crippen LogP contribution in [0.1, 0.15) is 43.0 Å². The summed E-state index contributed by atoms with van der Waals surface area (Å²) in [6, 6.07) is 0.109. The molecule has 0 amide bonds. The maximum Gasteiger partial charge on any atom is 0.435 e. The van der Waals surface area contributed by atoms with Crippen LogP contribution in [0.2, 0.25) is 0 Å². The normalized spacial score (nSPS) is 18.2. The van der Waals surface area contributed by atoms with E-state index < -0.39 is 11.9 Å². The molecule has 0 aliphatic heterocycles. The van der Waals surface area contributed by atoms with Crippen LogP contribution in [-0.4, -0.2) is 9.78 Å². The predicted octanol–water partition coefficient (Wildman–Crippen LogP) is 3.76. The first kappa shape index (κ1) is 11.8. The van der Waals surface area contributed by atoms with Gasteiger partial charge in [-0.1, -0.05) is 12.8 Å². The van der Waals surface area contributed by atoms with Crippen molar-refractivity contribution in [2.24, 2.45) is 0 Å². The molecule has 0 atom stereocenters. The zero-order valence-electron chi connectivity index (χ0n) is 8.60. The third-order valence-electron chi connectivity index (χ3n) is 2.92. The Morgan fingerprint density at radius 2 is 2.00 bits per heavy atom. The summed E-state index contributed by atoms with van der Waals surface area (Å²) in [5.74, 6) is -0.151. The quantitative estimate of drug-likeness (QED) is 0.733. The molecule has 90 valence electrons. The molecule has 0 saturated heterocycles. The number of hydrogen-bond donors (Lipinski definition) is 0. The van der Waals surface area contributed by atoms with Crippen LogP contribution >= 0.6 is 11.6 Å². The smallest absolute Gasteiger partial charge is 0.269 e. The van der Waals surface area contributed by atoms with Crippen LogP contribution in [0.15, 0.2) is 6.20 Å². The van der Waals surface area contributed by atoms with E-state index in [0.717, 1.165) is 25.7 Å². The highest BCUT2D eigenvalue weighted by molar-refractivity contribution is 6.17. The molecule has 16 heavy (non-hydrogen) atoms. The monoisotopic (exact) mass is 252 g/mol. The molecule has 1 aliphatic carbocycles. The average Bonchev–Trinajstić information content (AvgIpc) is 2.85. The fraction of sp³-hybridized carbons (Fsp3) is 0.700. The maximum atomic E-state index is 12.6. The second kappa shape index (κ2) is 4.28. The summed E-state index contributed by atoms with van der Waals surface area (Å²) >= 11 is 5.50. The van der Waals surface area contributed by atoms with Crippen LogP contribution in [-0.2, 0) is 12.1 Å². The molecule has 2 nitrogen and oxygen atoms in total. The fourth-order valence-corrected chi connectivity index (χ4v) is 2.32. The molecule has 1 heterocycles. The van der Waals surface area contributed by atoms with Crippen molar-refractivity contribution in [2.45, 2.75) is 43.8 Å². The van der Waals surface area contributed by atoms with E-state index >= 15 is 0 Å². The van der Waals surface area contributed by atoms with Gasteiger partial charge < -0.3 is 0 Å². The second-order valence-electron chi connectivity index (χ2n) is 4.05. The number of nitrogens with zero attached hydrogens (tertiary/aromatic N) is 2. The average molecular weight is 253 g/mol. The number of aromatic nitrogens is 2. The molecular formula is C10H12ClF3N2. The van der Waals surface area contributed by atoms with Crippen molar-refractivity contribution in [1.82, 2.24) is 9.78 Å². The zero-order valence-corrected chi connectivity index (χ0v) is 9.35. The van der Waals surface area contributed by atoms with Gasteiger partial charge in [-0.3, -0.25) is 4.68 Å². The highest BCUT2D eigenvalue weighted by atomic mass is 35.5. The standard InChI is InChI=1S/C10H12ClF3N2/c11-5-7-6-16(8-3-1-2-4-8)15-9(7)10(12,13)14/h6,8H,1-5H2. The first-order chi connectivity index (χ1) is 7.52. The minimum absolute atomic E-state index is 0.0704. The third kappa shape index (κ3) is 2.19. The SMILES string of the molecule is FC(F)(F)c1nn(C2CCCC2)cc1CCl. The van der Waals surface area contributed by atoms with Gasteiger partial charge in [-0.15, -0.1) is 11.6 Å². The Morgan fingerprint density at radius 1 is 1.38 bits per heavy atom. The van der Waals surface area contributed by atoms with Crippen molar-refractivity contribution in [1.29, 1.82) is 0 Å². The Labute approximate surface area is 96.4 Å². The summed E-state index contributed by atoms with van der Waals surface area (Å²) < 4.78 is 39.2. The van der Waals surface area contributed by atoms with Crippen LogP contribution in [0.4, 0.5) is 13.2 Å². The second-order valence-corrected chi connectivity index (χ2v) is 4.32. The van der Waals surface area contributed by atoms with Crippen LogP contribution in [0.3, 0.4) is 0 Å². The van der Waals surface area contributed by atoms with E-state index in [9.17, 15) is 13.2 Å². The van der Waals surface area contributed by atoms with E-state index in [1.807, 2.05) is 0 Å². The maximum absolute atomic E-state index is 12.6. The summed E-state index contributed by atoms with van der Waals surface area (Å²) in [7, 11) is 0. The van der Waals surface area contributed by atoms with Gasteiger partial charge in [-0.25, -0.2) is 0 Å². The van der Waals surface area contributed by atoms with Gasteiger partial charge >= 0.3 is 6.18 Å². The first-order valence-electron chi connectivity index (χ1n) is 5.23. The van der Waals surface area contributed by atoms with Gasteiger partial charge in [-0.05, 0) is 12.8 Å². The molecule has 2 rings (SSSR count). The Bertz CT molecular complexity index is 367. The van der Waals surface area contributed by atoms with Crippen molar-refractivity contribution in [3.8, 4) is 0 Å². The highest BCUT2D eigenvalue weighted by Gasteiger charge is 2.37. The number of hydrogen-bond acceptors (Lipinski definition) is 1. The Kier molecular flexibility index (Phi) is 3.15. The lowest BCUT2D eigenvalue weighted by atomic mass is 10.2. The predicted molar refractivity (Wildman–Crippen MR) is 54.3 cm³/mol. The van der Waals surface area contributed by atoms with Gasteiger partial charge in [0, 0.05) is 11.8 Å². The molecule has 1 aromatic heterocycles. The molecule has 6 heteroatoms. The van der Waals surface area contributed by atoms with Gasteiger partial charge in [-0.2, -0.15) is 18.3 Å². The zero-order chi connectivity index (χ0) is 11.8. The third-order valence-corrected chi connectivity index (χ3v) is 3.21. The van der Waals surface area contributed by atoms with Crippen molar-refractivity contribution in [2.75, 3.05) is 0 Å². The molecule has 0 aromatic carbocycles. The molecule has 0 unspecified atom stereocenters. The van der Waals surface area contributed by atoms with Crippen LogP contribution < -0.4 is 0 Å². The van der Waals surface area contributed by atoms with E-state index in [1.165, 1.54) is 10.9 Å². The molecule has 1 aromatic rings. The molecule has 0 spiro atoms. The topological polar surface area (TPSA) is 17.8 Å². The largest absolute Gasteiger partial charge is 0.435 e. The summed E-state index contributed by atoms with van der Waals surface area (Å²) in [5.41, 5.74) is -0.768. The molecule has 1 saturated carbocycles. The lowest BCUT2D eigenvalue weighted by molar-refractivity contribution is -0.142. The Balaban J connectivity index is 2.31.